The van der Waals surface area contributed by atoms with Gasteiger partial charge in [0.25, 0.3) is 0 Å². The lowest BCUT2D eigenvalue weighted by molar-refractivity contribution is 0.00431. The second-order valence-corrected chi connectivity index (χ2v) is 6.73. The van der Waals surface area contributed by atoms with Crippen LogP contribution in [-0.4, -0.2) is 23.1 Å². The highest BCUT2D eigenvalue weighted by Crippen LogP contribution is 2.26. The van der Waals surface area contributed by atoms with E-state index in [0.29, 0.717) is 11.8 Å². The molecule has 1 aromatic carbocycles. The molecule has 0 saturated carbocycles. The Bertz CT molecular complexity index is 536. The number of hydrogen-bond donors (Lipinski definition) is 1. The molecule has 1 N–H and O–H groups in total. The summed E-state index contributed by atoms with van der Waals surface area (Å²) in [6.07, 6.45) is 4.82. The molecule has 4 heteroatoms. The molecule has 0 bridgehead atoms. The first-order valence-electron chi connectivity index (χ1n) is 8.93. The van der Waals surface area contributed by atoms with Crippen molar-refractivity contribution in [1.82, 2.24) is 0 Å². The highest BCUT2D eigenvalue weighted by Gasteiger charge is 2.27. The number of carbonyl (C=O) groups excluding carboxylic acids is 1. The number of benzene rings is 1. The molecule has 2 unspecified atom stereocenters. The summed E-state index contributed by atoms with van der Waals surface area (Å²) >= 11 is 0. The minimum atomic E-state index is -1.11. The van der Waals surface area contributed by atoms with Gasteiger partial charge in [-0.2, -0.15) is 0 Å². The van der Waals surface area contributed by atoms with Gasteiger partial charge in [0.15, 0.2) is 0 Å². The lowest BCUT2D eigenvalue weighted by Gasteiger charge is -2.28. The number of aromatic carboxylic acids is 1. The predicted molar refractivity (Wildman–Crippen MR) is 95.4 cm³/mol. The van der Waals surface area contributed by atoms with Gasteiger partial charge in [0.2, 0.25) is 0 Å². The second kappa shape index (κ2) is 10.1. The number of carbonyl (C=O) groups is 2. The van der Waals surface area contributed by atoms with E-state index in [1.807, 2.05) is 0 Å². The fourth-order valence-electron chi connectivity index (χ4n) is 2.97. The van der Waals surface area contributed by atoms with E-state index in [4.69, 9.17) is 4.74 Å². The van der Waals surface area contributed by atoms with Crippen molar-refractivity contribution in [3.8, 4) is 0 Å². The van der Waals surface area contributed by atoms with E-state index in [1.165, 1.54) is 12.1 Å². The fraction of sp³-hybridized carbons (Fsp3) is 0.600. The molecule has 0 spiro atoms. The molecule has 1 aromatic rings. The van der Waals surface area contributed by atoms with E-state index in [2.05, 4.69) is 27.7 Å². The van der Waals surface area contributed by atoms with Gasteiger partial charge in [-0.15, -0.1) is 0 Å². The lowest BCUT2D eigenvalue weighted by Crippen LogP contribution is -2.29. The van der Waals surface area contributed by atoms with Crippen molar-refractivity contribution in [2.45, 2.75) is 65.9 Å². The maximum absolute atomic E-state index is 12.6. The first-order chi connectivity index (χ1) is 11.4. The van der Waals surface area contributed by atoms with Crippen LogP contribution in [0.4, 0.5) is 0 Å². The van der Waals surface area contributed by atoms with Crippen LogP contribution in [0.25, 0.3) is 0 Å². The van der Waals surface area contributed by atoms with Gasteiger partial charge in [0, 0.05) is 0 Å². The first kappa shape index (κ1) is 20.2. The fourth-order valence-corrected chi connectivity index (χ4v) is 2.97. The highest BCUT2D eigenvalue weighted by molar-refractivity contribution is 6.02. The quantitative estimate of drug-likeness (QED) is 0.599. The third-order valence-corrected chi connectivity index (χ3v) is 4.32. The molecule has 24 heavy (non-hydrogen) atoms. The molecule has 134 valence electrons. The Morgan fingerprint density at radius 1 is 1.12 bits per heavy atom. The Morgan fingerprint density at radius 3 is 2.25 bits per heavy atom. The average molecular weight is 334 g/mol. The summed E-state index contributed by atoms with van der Waals surface area (Å²) in [4.78, 5) is 23.9. The molecule has 1 rings (SSSR count). The van der Waals surface area contributed by atoms with Crippen molar-refractivity contribution >= 4 is 11.9 Å². The van der Waals surface area contributed by atoms with E-state index >= 15 is 0 Å². The number of ether oxygens (including phenoxy) is 1. The minimum absolute atomic E-state index is 0.00703. The van der Waals surface area contributed by atoms with E-state index in [9.17, 15) is 14.7 Å². The lowest BCUT2D eigenvalue weighted by atomic mass is 9.88. The van der Waals surface area contributed by atoms with Gasteiger partial charge in [-0.05, 0) is 43.2 Å². The van der Waals surface area contributed by atoms with Crippen LogP contribution in [0.5, 0.6) is 0 Å². The summed E-state index contributed by atoms with van der Waals surface area (Å²) in [6, 6.07) is 6.23. The summed E-state index contributed by atoms with van der Waals surface area (Å²) in [7, 11) is 0. The van der Waals surface area contributed by atoms with Crippen molar-refractivity contribution in [1.29, 1.82) is 0 Å². The van der Waals surface area contributed by atoms with Gasteiger partial charge >= 0.3 is 11.9 Å². The SMILES string of the molecule is CCCCC(CC)C(CC(C)C)OC(=O)c1ccccc1C(=O)O. The largest absolute Gasteiger partial charge is 0.478 e. The maximum Gasteiger partial charge on any atom is 0.339 e. The summed E-state index contributed by atoms with van der Waals surface area (Å²) in [5.41, 5.74) is 0.122. The zero-order valence-electron chi connectivity index (χ0n) is 15.2. The van der Waals surface area contributed by atoms with Crippen molar-refractivity contribution in [2.24, 2.45) is 11.8 Å². The Labute approximate surface area is 145 Å². The summed E-state index contributed by atoms with van der Waals surface area (Å²) < 4.78 is 5.79. The summed E-state index contributed by atoms with van der Waals surface area (Å²) in [5.74, 6) is -0.920. The number of esters is 1. The third kappa shape index (κ3) is 5.99. The van der Waals surface area contributed by atoms with Gasteiger partial charge in [0.05, 0.1) is 11.1 Å². The molecule has 0 heterocycles. The topological polar surface area (TPSA) is 63.6 Å². The molecule has 0 fully saturated rings. The molecule has 0 amide bonds. The van der Waals surface area contributed by atoms with Crippen LogP contribution < -0.4 is 0 Å². The Kier molecular flexibility index (Phi) is 8.51. The van der Waals surface area contributed by atoms with Gasteiger partial charge in [-0.1, -0.05) is 52.7 Å². The minimum Gasteiger partial charge on any atom is -0.478 e. The zero-order chi connectivity index (χ0) is 18.1. The van der Waals surface area contributed by atoms with Crippen LogP contribution in [0.15, 0.2) is 24.3 Å². The predicted octanol–water partition coefficient (Wildman–Crippen LogP) is 5.17. The third-order valence-electron chi connectivity index (χ3n) is 4.32. The molecule has 0 radical (unpaired) electrons. The van der Waals surface area contributed by atoms with E-state index < -0.39 is 11.9 Å². The van der Waals surface area contributed by atoms with E-state index in [0.717, 1.165) is 32.1 Å². The Balaban J connectivity index is 2.97. The summed E-state index contributed by atoms with van der Waals surface area (Å²) in [5, 5.41) is 9.26. The van der Waals surface area contributed by atoms with Gasteiger partial charge in [-0.3, -0.25) is 0 Å². The van der Waals surface area contributed by atoms with Crippen molar-refractivity contribution in [3.05, 3.63) is 35.4 Å². The molecule has 0 saturated heterocycles. The van der Waals surface area contributed by atoms with Crippen LogP contribution in [0, 0.1) is 11.8 Å². The van der Waals surface area contributed by atoms with Crippen molar-refractivity contribution in [2.75, 3.05) is 0 Å². The number of carboxylic acids is 1. The maximum atomic E-state index is 12.6. The molecule has 2 atom stereocenters. The Morgan fingerprint density at radius 2 is 1.75 bits per heavy atom. The number of rotatable bonds is 10. The van der Waals surface area contributed by atoms with Gasteiger partial charge in [0.1, 0.15) is 6.10 Å². The average Bonchev–Trinajstić information content (AvgIpc) is 2.54. The van der Waals surface area contributed by atoms with Crippen LogP contribution in [0.2, 0.25) is 0 Å². The standard InChI is InChI=1S/C20H30O4/c1-5-7-10-15(6-2)18(13-14(3)4)24-20(23)17-12-9-8-11-16(17)19(21)22/h8-9,11-12,14-15,18H,5-7,10,13H2,1-4H3,(H,21,22). The highest BCUT2D eigenvalue weighted by atomic mass is 16.5. The number of carboxylic acid groups (broad SMARTS) is 1. The van der Waals surface area contributed by atoms with Gasteiger partial charge < -0.3 is 9.84 Å². The van der Waals surface area contributed by atoms with Gasteiger partial charge in [-0.25, -0.2) is 9.59 Å². The van der Waals surface area contributed by atoms with Crippen LogP contribution >= 0.6 is 0 Å². The Hall–Kier alpha value is -1.84. The molecule has 0 aliphatic carbocycles. The zero-order valence-corrected chi connectivity index (χ0v) is 15.2. The smallest absolute Gasteiger partial charge is 0.339 e. The first-order valence-corrected chi connectivity index (χ1v) is 8.93. The van der Waals surface area contributed by atoms with Crippen molar-refractivity contribution in [3.63, 3.8) is 0 Å². The molecular formula is C20H30O4. The van der Waals surface area contributed by atoms with Crippen LogP contribution in [0.3, 0.4) is 0 Å². The van der Waals surface area contributed by atoms with Crippen LogP contribution in [-0.2, 0) is 4.74 Å². The molecule has 4 nitrogen and oxygen atoms in total. The molecule has 0 aliphatic rings. The van der Waals surface area contributed by atoms with Crippen LogP contribution in [0.1, 0.15) is 80.5 Å². The normalized spacial score (nSPS) is 13.5. The van der Waals surface area contributed by atoms with E-state index in [1.54, 1.807) is 12.1 Å². The number of unbranched alkanes of at least 4 members (excludes halogenated alkanes) is 1. The molecule has 0 aliphatic heterocycles. The molecular weight excluding hydrogens is 304 g/mol. The second-order valence-electron chi connectivity index (χ2n) is 6.73. The van der Waals surface area contributed by atoms with E-state index in [-0.39, 0.29) is 17.2 Å². The van der Waals surface area contributed by atoms with Crippen molar-refractivity contribution < 1.29 is 19.4 Å². The number of hydrogen-bond acceptors (Lipinski definition) is 3. The summed E-state index contributed by atoms with van der Waals surface area (Å²) in [6.45, 7) is 8.49. The molecule has 0 aromatic heterocycles. The monoisotopic (exact) mass is 334 g/mol.